The number of hydrogen-bond donors (Lipinski definition) is 0. The van der Waals surface area contributed by atoms with Gasteiger partial charge in [-0.05, 0) is 103 Å². The van der Waals surface area contributed by atoms with E-state index in [-0.39, 0.29) is 0 Å². The molecule has 1 heterocycles. The lowest BCUT2D eigenvalue weighted by Gasteiger charge is -2.42. The number of nitrogens with zero attached hydrogens (tertiary/aromatic N) is 1. The van der Waals surface area contributed by atoms with Gasteiger partial charge in [-0.3, -0.25) is 0 Å². The van der Waals surface area contributed by atoms with Crippen molar-refractivity contribution in [3.8, 4) is 5.69 Å². The summed E-state index contributed by atoms with van der Waals surface area (Å²) in [6.45, 7) is 0. The van der Waals surface area contributed by atoms with Crippen LogP contribution in [0.2, 0.25) is 0 Å². The molecule has 9 rings (SSSR count). The van der Waals surface area contributed by atoms with Crippen molar-refractivity contribution in [3.63, 3.8) is 0 Å². The van der Waals surface area contributed by atoms with Crippen molar-refractivity contribution >= 4 is 55.7 Å². The molecule has 0 bridgehead atoms. The maximum atomic E-state index is 2.51. The van der Waals surface area contributed by atoms with Gasteiger partial charge < -0.3 is 4.57 Å². The molecule has 0 saturated heterocycles. The summed E-state index contributed by atoms with van der Waals surface area (Å²) in [5, 5.41) is 6.59. The van der Waals surface area contributed by atoms with E-state index in [0.29, 0.717) is 0 Å². The lowest BCUT2D eigenvalue weighted by Crippen LogP contribution is -2.20. The molecule has 1 nitrogen and oxygen atoms in total. The molecule has 0 aliphatic heterocycles. The Hall–Kier alpha value is -5.66. The molecule has 0 aliphatic rings. The monoisotopic (exact) mass is 689 g/mol. The second kappa shape index (κ2) is 13.6. The van der Waals surface area contributed by atoms with Gasteiger partial charge in [0.1, 0.15) is 0 Å². The molecule has 0 unspecified atom stereocenters. The molecule has 9 aromatic rings. The predicted molar refractivity (Wildman–Crippen MR) is 219 cm³/mol. The molecular weight excluding hydrogens is 654 g/mol. The average Bonchev–Trinajstić information content (AvgIpc) is 3.54. The van der Waals surface area contributed by atoms with Gasteiger partial charge in [0.15, 0.2) is 0 Å². The fourth-order valence-electron chi connectivity index (χ4n) is 7.47. The molecule has 1 aromatic heterocycles. The lowest BCUT2D eigenvalue weighted by molar-refractivity contribution is 1.18. The molecule has 0 fully saturated rings. The van der Waals surface area contributed by atoms with Gasteiger partial charge >= 0.3 is 0 Å². The molecule has 0 aliphatic carbocycles. The molecule has 0 atom stereocenters. The third kappa shape index (κ3) is 5.49. The van der Waals surface area contributed by atoms with Crippen LogP contribution in [-0.2, 0) is 0 Å². The smallest absolute Gasteiger partial charge is 0.0541 e. The van der Waals surface area contributed by atoms with Crippen LogP contribution in [0, 0.1) is 0 Å². The Kier molecular flexibility index (Phi) is 8.34. The second-order valence-electron chi connectivity index (χ2n) is 12.6. The first kappa shape index (κ1) is 31.3. The first-order chi connectivity index (χ1) is 25.3. The van der Waals surface area contributed by atoms with E-state index in [4.69, 9.17) is 0 Å². The fraction of sp³-hybridized carbons (Fsp3) is 0. The second-order valence-corrected chi connectivity index (χ2v) is 17.9. The van der Waals surface area contributed by atoms with E-state index in [2.05, 4.69) is 223 Å². The molecule has 0 spiro atoms. The van der Waals surface area contributed by atoms with E-state index < -0.39 is 17.9 Å². The van der Waals surface area contributed by atoms with Crippen molar-refractivity contribution in [1.82, 2.24) is 4.57 Å². The summed E-state index contributed by atoms with van der Waals surface area (Å²) < 4.78 is 2.44. The van der Waals surface area contributed by atoms with E-state index in [9.17, 15) is 0 Å². The zero-order valence-corrected chi connectivity index (χ0v) is 29.8. The summed E-state index contributed by atoms with van der Waals surface area (Å²) in [6, 6.07) is 80.7. The van der Waals surface area contributed by atoms with Gasteiger partial charge in [-0.1, -0.05) is 140 Å². The Morgan fingerprint density at radius 2 is 0.706 bits per heavy atom. The lowest BCUT2D eigenvalue weighted by atomic mass is 10.1. The molecule has 0 saturated carbocycles. The first-order valence-electron chi connectivity index (χ1n) is 17.3. The fourth-order valence-corrected chi connectivity index (χ4v) is 13.7. The van der Waals surface area contributed by atoms with Crippen molar-refractivity contribution in [1.29, 1.82) is 0 Å². The van der Waals surface area contributed by atoms with Gasteiger partial charge in [0, 0.05) is 36.0 Å². The number of fused-ring (bicyclic) bond motifs is 3. The molecule has 51 heavy (non-hydrogen) atoms. The van der Waals surface area contributed by atoms with Gasteiger partial charge in [-0.15, -0.1) is 10.0 Å². The van der Waals surface area contributed by atoms with Gasteiger partial charge in [0.2, 0.25) is 0 Å². The van der Waals surface area contributed by atoms with E-state index in [1.807, 2.05) is 0 Å². The van der Waals surface area contributed by atoms with Crippen LogP contribution in [0.3, 0.4) is 0 Å². The average molecular weight is 690 g/mol. The van der Waals surface area contributed by atoms with Crippen LogP contribution >= 0.6 is 17.9 Å². The van der Waals surface area contributed by atoms with E-state index >= 15 is 0 Å². The normalized spacial score (nSPS) is 12.0. The third-order valence-corrected chi connectivity index (χ3v) is 16.0. The van der Waals surface area contributed by atoms with E-state index in [1.54, 1.807) is 0 Å². The molecular formula is C48H36NPS. The van der Waals surface area contributed by atoms with Gasteiger partial charge in [-0.25, -0.2) is 0 Å². The van der Waals surface area contributed by atoms with Gasteiger partial charge in [0.25, 0.3) is 0 Å². The highest BCUT2D eigenvalue weighted by molar-refractivity contribution is 8.34. The summed E-state index contributed by atoms with van der Waals surface area (Å²) in [6.07, 6.45) is 0. The number of aromatic nitrogens is 1. The Morgan fingerprint density at radius 3 is 1.18 bits per heavy atom. The summed E-state index contributed by atoms with van der Waals surface area (Å²) in [5.41, 5.74) is 3.59. The maximum absolute atomic E-state index is 2.51. The van der Waals surface area contributed by atoms with Crippen LogP contribution in [0.4, 0.5) is 0 Å². The Morgan fingerprint density at radius 1 is 0.314 bits per heavy atom. The SMILES string of the molecule is c1ccc(-n2c3ccc(P(c4ccccc4)c4ccccc4)cc3c3cc(S(c4ccccc4)(c4ccccc4)c4ccccc4)ccc32)cc1. The van der Waals surface area contributed by atoms with Crippen LogP contribution < -0.4 is 15.9 Å². The molecule has 0 amide bonds. The van der Waals surface area contributed by atoms with Crippen LogP contribution in [0.15, 0.2) is 238 Å². The molecule has 0 N–H and O–H groups in total. The van der Waals surface area contributed by atoms with Crippen molar-refractivity contribution in [2.45, 2.75) is 19.6 Å². The van der Waals surface area contributed by atoms with Gasteiger partial charge in [-0.2, -0.15) is 0 Å². The summed E-state index contributed by atoms with van der Waals surface area (Å²) in [7, 11) is -2.61. The Bertz CT molecular complexity index is 2420. The van der Waals surface area contributed by atoms with Crippen LogP contribution in [0.1, 0.15) is 0 Å². The zero-order valence-electron chi connectivity index (χ0n) is 28.1. The summed E-state index contributed by atoms with van der Waals surface area (Å²) >= 11 is 0. The van der Waals surface area contributed by atoms with Crippen molar-refractivity contribution < 1.29 is 0 Å². The topological polar surface area (TPSA) is 4.93 Å². The number of benzene rings is 8. The maximum Gasteiger partial charge on any atom is 0.0541 e. The van der Waals surface area contributed by atoms with E-state index in [1.165, 1.54) is 63.0 Å². The standard InChI is InChI=1S/C48H36NPS/c1-7-19-37(20-8-1)49-47-33-31-40(50(38-21-9-2-10-22-38)39-23-11-3-12-24-39)35-45(47)46-36-44(32-34-48(46)49)51(41-25-13-4-14-26-41,42-27-15-5-16-28-42)43-29-17-6-18-30-43/h1-36H. The van der Waals surface area contributed by atoms with Crippen LogP contribution in [0.25, 0.3) is 27.5 Å². The third-order valence-electron chi connectivity index (χ3n) is 9.67. The minimum absolute atomic E-state index is 0.762. The molecule has 0 radical (unpaired) electrons. The first-order valence-corrected chi connectivity index (χ1v) is 20.3. The highest BCUT2D eigenvalue weighted by atomic mass is 32.3. The quantitative estimate of drug-likeness (QED) is 0.140. The summed E-state index contributed by atoms with van der Waals surface area (Å²) in [5.74, 6) is 0. The molecule has 244 valence electrons. The summed E-state index contributed by atoms with van der Waals surface area (Å²) in [4.78, 5) is 5.30. The highest BCUT2D eigenvalue weighted by Crippen LogP contribution is 2.73. The minimum Gasteiger partial charge on any atom is -0.309 e. The van der Waals surface area contributed by atoms with Gasteiger partial charge in [0.05, 0.1) is 11.0 Å². The number of hydrogen-bond acceptors (Lipinski definition) is 0. The van der Waals surface area contributed by atoms with Crippen molar-refractivity contribution in [2.24, 2.45) is 0 Å². The number of rotatable bonds is 8. The van der Waals surface area contributed by atoms with Crippen LogP contribution in [-0.4, -0.2) is 4.57 Å². The Labute approximate surface area is 302 Å². The number of para-hydroxylation sites is 1. The largest absolute Gasteiger partial charge is 0.309 e. The molecule has 8 aromatic carbocycles. The van der Waals surface area contributed by atoms with Crippen LogP contribution in [0.5, 0.6) is 0 Å². The van der Waals surface area contributed by atoms with Crippen molar-refractivity contribution in [2.75, 3.05) is 0 Å². The minimum atomic E-state index is -1.84. The van der Waals surface area contributed by atoms with E-state index in [0.717, 1.165) is 0 Å². The molecule has 3 heteroatoms. The van der Waals surface area contributed by atoms with Crippen molar-refractivity contribution in [3.05, 3.63) is 218 Å². The zero-order chi connectivity index (χ0) is 34.0. The predicted octanol–water partition coefficient (Wildman–Crippen LogP) is 11.9. The Balaban J connectivity index is 1.37. The highest BCUT2D eigenvalue weighted by Gasteiger charge is 2.34.